The first kappa shape index (κ1) is 10.6. The predicted octanol–water partition coefficient (Wildman–Crippen LogP) is 1.43. The van der Waals surface area contributed by atoms with Crippen LogP contribution in [0.15, 0.2) is 12.4 Å². The van der Waals surface area contributed by atoms with Crippen LogP contribution < -0.4 is 5.73 Å². The van der Waals surface area contributed by atoms with Crippen molar-refractivity contribution in [1.82, 2.24) is 15.0 Å². The average Bonchev–Trinajstić information content (AvgIpc) is 2.69. The molecule has 0 radical (unpaired) electrons. The second kappa shape index (κ2) is 3.30. The van der Waals surface area contributed by atoms with E-state index in [-0.39, 0.29) is 11.0 Å². The molecule has 1 aliphatic rings. The molecule has 0 unspecified atom stereocenters. The molecule has 2 rings (SSSR count). The van der Waals surface area contributed by atoms with Gasteiger partial charge in [-0.25, -0.2) is 0 Å². The van der Waals surface area contributed by atoms with Crippen LogP contribution in [0.5, 0.6) is 0 Å². The second-order valence-electron chi connectivity index (χ2n) is 5.50. The van der Waals surface area contributed by atoms with Gasteiger partial charge in [0.25, 0.3) is 0 Å². The van der Waals surface area contributed by atoms with Gasteiger partial charge in [0.05, 0.1) is 6.20 Å². The fraction of sp³-hybridized carbons (Fsp3) is 0.818. The summed E-state index contributed by atoms with van der Waals surface area (Å²) in [4.78, 5) is 0. The highest BCUT2D eigenvalue weighted by atomic mass is 15.4. The maximum absolute atomic E-state index is 6.33. The highest BCUT2D eigenvalue weighted by Crippen LogP contribution is 2.48. The van der Waals surface area contributed by atoms with Crippen LogP contribution in [0.25, 0.3) is 0 Å². The Hall–Kier alpha value is -0.900. The Morgan fingerprint density at radius 2 is 2.20 bits per heavy atom. The molecule has 1 fully saturated rings. The number of aromatic nitrogens is 3. The van der Waals surface area contributed by atoms with Gasteiger partial charge in [-0.3, -0.25) is 4.68 Å². The van der Waals surface area contributed by atoms with E-state index in [0.717, 1.165) is 13.0 Å². The third-order valence-corrected chi connectivity index (χ3v) is 4.38. The second-order valence-corrected chi connectivity index (χ2v) is 5.50. The summed E-state index contributed by atoms with van der Waals surface area (Å²) in [6, 6.07) is 0. The number of hydrogen-bond donors (Lipinski definition) is 1. The molecule has 2 atom stereocenters. The molecule has 0 aromatic carbocycles. The van der Waals surface area contributed by atoms with Gasteiger partial charge in [0, 0.05) is 18.3 Å². The summed E-state index contributed by atoms with van der Waals surface area (Å²) in [5, 5.41) is 7.85. The minimum atomic E-state index is -0.0573. The summed E-state index contributed by atoms with van der Waals surface area (Å²) in [6.07, 6.45) is 5.92. The fourth-order valence-corrected chi connectivity index (χ4v) is 2.50. The van der Waals surface area contributed by atoms with E-state index in [1.807, 2.05) is 10.9 Å². The van der Waals surface area contributed by atoms with Crippen molar-refractivity contribution < 1.29 is 0 Å². The summed E-state index contributed by atoms with van der Waals surface area (Å²) >= 11 is 0. The molecule has 84 valence electrons. The lowest BCUT2D eigenvalue weighted by molar-refractivity contribution is 0.147. The van der Waals surface area contributed by atoms with Crippen molar-refractivity contribution >= 4 is 0 Å². The first-order valence-corrected chi connectivity index (χ1v) is 5.56. The Kier molecular flexibility index (Phi) is 2.34. The Bertz CT molecular complexity index is 326. The summed E-state index contributed by atoms with van der Waals surface area (Å²) in [7, 11) is 0. The van der Waals surface area contributed by atoms with Crippen LogP contribution in [0.3, 0.4) is 0 Å². The summed E-state index contributed by atoms with van der Waals surface area (Å²) in [6.45, 7) is 7.62. The molecule has 1 saturated carbocycles. The van der Waals surface area contributed by atoms with E-state index in [1.165, 1.54) is 6.42 Å². The summed E-state index contributed by atoms with van der Waals surface area (Å²) in [5.74, 6) is 0.592. The normalized spacial score (nSPS) is 34.5. The molecule has 1 aliphatic carbocycles. The Morgan fingerprint density at radius 1 is 1.47 bits per heavy atom. The fourth-order valence-electron chi connectivity index (χ4n) is 2.50. The summed E-state index contributed by atoms with van der Waals surface area (Å²) < 4.78 is 1.91. The van der Waals surface area contributed by atoms with E-state index in [0.29, 0.717) is 5.92 Å². The van der Waals surface area contributed by atoms with Crippen molar-refractivity contribution in [2.45, 2.75) is 45.7 Å². The van der Waals surface area contributed by atoms with Gasteiger partial charge in [-0.2, -0.15) is 0 Å². The molecular formula is C11H20N4. The van der Waals surface area contributed by atoms with Gasteiger partial charge in [-0.15, -0.1) is 5.10 Å². The van der Waals surface area contributed by atoms with E-state index >= 15 is 0 Å². The standard InChI is InChI=1S/C11H20N4/c1-10(2)9(4-5-11(10,3)12)8-15-7-6-13-14-15/h6-7,9H,4-5,8,12H2,1-3H3/t9-,11-/m1/s1. The lowest BCUT2D eigenvalue weighted by Gasteiger charge is -2.38. The molecule has 15 heavy (non-hydrogen) atoms. The molecule has 1 heterocycles. The quantitative estimate of drug-likeness (QED) is 0.800. The van der Waals surface area contributed by atoms with Crippen molar-refractivity contribution in [2.24, 2.45) is 17.1 Å². The first-order valence-electron chi connectivity index (χ1n) is 5.56. The number of nitrogens with two attached hydrogens (primary N) is 1. The molecule has 1 aromatic rings. The van der Waals surface area contributed by atoms with E-state index in [4.69, 9.17) is 5.73 Å². The van der Waals surface area contributed by atoms with Crippen LogP contribution in [0.1, 0.15) is 33.6 Å². The van der Waals surface area contributed by atoms with E-state index in [9.17, 15) is 0 Å². The van der Waals surface area contributed by atoms with Crippen LogP contribution in [-0.2, 0) is 6.54 Å². The van der Waals surface area contributed by atoms with Crippen molar-refractivity contribution in [1.29, 1.82) is 0 Å². The predicted molar refractivity (Wildman–Crippen MR) is 59.1 cm³/mol. The molecule has 4 nitrogen and oxygen atoms in total. The zero-order chi connectivity index (χ0) is 11.1. The van der Waals surface area contributed by atoms with Crippen LogP contribution in [0.2, 0.25) is 0 Å². The molecule has 0 amide bonds. The maximum atomic E-state index is 6.33. The van der Waals surface area contributed by atoms with Crippen LogP contribution in [-0.4, -0.2) is 20.5 Å². The minimum Gasteiger partial charge on any atom is -0.325 e. The molecule has 0 aliphatic heterocycles. The molecule has 0 spiro atoms. The Labute approximate surface area is 90.8 Å². The first-order chi connectivity index (χ1) is 6.93. The van der Waals surface area contributed by atoms with Gasteiger partial charge in [0.2, 0.25) is 0 Å². The van der Waals surface area contributed by atoms with Crippen LogP contribution in [0.4, 0.5) is 0 Å². The third-order valence-electron chi connectivity index (χ3n) is 4.38. The van der Waals surface area contributed by atoms with Gasteiger partial charge in [0.15, 0.2) is 0 Å². The van der Waals surface area contributed by atoms with Crippen molar-refractivity contribution in [2.75, 3.05) is 0 Å². The number of nitrogens with zero attached hydrogens (tertiary/aromatic N) is 3. The maximum Gasteiger partial charge on any atom is 0.0692 e. The summed E-state index contributed by atoms with van der Waals surface area (Å²) in [5.41, 5.74) is 6.44. The van der Waals surface area contributed by atoms with Crippen molar-refractivity contribution in [3.63, 3.8) is 0 Å². The SMILES string of the molecule is CC1(C)[C@@H](Cn2ccnn2)CC[C@@]1(C)N. The lowest BCUT2D eigenvalue weighted by atomic mass is 9.72. The minimum absolute atomic E-state index is 0.0573. The van der Waals surface area contributed by atoms with Gasteiger partial charge in [0.1, 0.15) is 0 Å². The van der Waals surface area contributed by atoms with Crippen LogP contribution >= 0.6 is 0 Å². The van der Waals surface area contributed by atoms with E-state index in [1.54, 1.807) is 6.20 Å². The third kappa shape index (κ3) is 1.67. The zero-order valence-corrected chi connectivity index (χ0v) is 9.77. The molecular weight excluding hydrogens is 188 g/mol. The lowest BCUT2D eigenvalue weighted by Crippen LogP contribution is -2.48. The van der Waals surface area contributed by atoms with Gasteiger partial charge >= 0.3 is 0 Å². The van der Waals surface area contributed by atoms with Gasteiger partial charge < -0.3 is 5.73 Å². The monoisotopic (exact) mass is 208 g/mol. The molecule has 0 saturated heterocycles. The Morgan fingerprint density at radius 3 is 2.67 bits per heavy atom. The largest absolute Gasteiger partial charge is 0.325 e. The number of hydrogen-bond acceptors (Lipinski definition) is 3. The smallest absolute Gasteiger partial charge is 0.0692 e. The van der Waals surface area contributed by atoms with Gasteiger partial charge in [-0.1, -0.05) is 19.1 Å². The highest BCUT2D eigenvalue weighted by Gasteiger charge is 2.48. The van der Waals surface area contributed by atoms with Crippen LogP contribution in [0, 0.1) is 11.3 Å². The zero-order valence-electron chi connectivity index (χ0n) is 9.77. The highest BCUT2D eigenvalue weighted by molar-refractivity contribution is 5.03. The Balaban J connectivity index is 2.12. The molecule has 0 bridgehead atoms. The van der Waals surface area contributed by atoms with E-state index < -0.39 is 0 Å². The van der Waals surface area contributed by atoms with Gasteiger partial charge in [-0.05, 0) is 31.1 Å². The van der Waals surface area contributed by atoms with E-state index in [2.05, 4.69) is 31.1 Å². The average molecular weight is 208 g/mol. The molecule has 1 aromatic heterocycles. The molecule has 2 N–H and O–H groups in total. The van der Waals surface area contributed by atoms with Crippen molar-refractivity contribution in [3.05, 3.63) is 12.4 Å². The molecule has 4 heteroatoms. The van der Waals surface area contributed by atoms with Crippen molar-refractivity contribution in [3.8, 4) is 0 Å². The number of rotatable bonds is 2. The topological polar surface area (TPSA) is 56.7 Å².